The van der Waals surface area contributed by atoms with Crippen LogP contribution < -0.4 is 15.4 Å². The molecule has 4 nitrogen and oxygen atoms in total. The average Bonchev–Trinajstić information content (AvgIpc) is 2.51. The van der Waals surface area contributed by atoms with Crippen molar-refractivity contribution in [1.82, 2.24) is 0 Å². The highest BCUT2D eigenvalue weighted by molar-refractivity contribution is 6.32. The Morgan fingerprint density at radius 2 is 1.92 bits per heavy atom. The van der Waals surface area contributed by atoms with E-state index in [2.05, 4.69) is 15.4 Å². The number of hydrogen-bond donors (Lipinski definition) is 2. The average molecular weight is 363 g/mol. The Balaban J connectivity index is 1.94. The minimum atomic E-state index is -3.01. The molecule has 128 valence electrons. The quantitative estimate of drug-likeness (QED) is 0.754. The summed E-state index contributed by atoms with van der Waals surface area (Å²) in [5.41, 5.74) is 0.0667. The van der Waals surface area contributed by atoms with Crippen molar-refractivity contribution < 1.29 is 27.1 Å². The van der Waals surface area contributed by atoms with Crippen LogP contribution in [-0.4, -0.2) is 19.1 Å². The molecule has 0 atom stereocenters. The van der Waals surface area contributed by atoms with Crippen molar-refractivity contribution in [2.24, 2.45) is 0 Å². The second-order valence-electron chi connectivity index (χ2n) is 4.55. The zero-order valence-electron chi connectivity index (χ0n) is 12.0. The van der Waals surface area contributed by atoms with E-state index >= 15 is 0 Å². The van der Waals surface area contributed by atoms with Gasteiger partial charge in [0.1, 0.15) is 17.4 Å². The smallest absolute Gasteiger partial charge is 0.387 e. The molecule has 0 bridgehead atoms. The third-order valence-corrected chi connectivity index (χ3v) is 3.10. The highest BCUT2D eigenvalue weighted by Gasteiger charge is 2.11. The molecule has 0 aliphatic rings. The maximum absolute atomic E-state index is 13.4. The standard InChI is InChI=1S/C15H11ClF4N2O2/c16-10-6-9(2-4-13(10)24-15(19)20)21-7-14(23)22-12-5-8(17)1-3-11(12)18/h1-6,15,21H,7H2,(H,22,23). The van der Waals surface area contributed by atoms with Crippen LogP contribution in [0.4, 0.5) is 28.9 Å². The minimum Gasteiger partial charge on any atom is -0.433 e. The van der Waals surface area contributed by atoms with Gasteiger partial charge in [0.2, 0.25) is 5.91 Å². The number of benzene rings is 2. The summed E-state index contributed by atoms with van der Waals surface area (Å²) >= 11 is 5.77. The van der Waals surface area contributed by atoms with Crippen molar-refractivity contribution in [1.29, 1.82) is 0 Å². The van der Waals surface area contributed by atoms with Crippen LogP contribution in [0.25, 0.3) is 0 Å². The van der Waals surface area contributed by atoms with E-state index in [1.54, 1.807) is 0 Å². The first-order valence-corrected chi connectivity index (χ1v) is 6.96. The Bertz CT molecular complexity index is 743. The molecule has 0 unspecified atom stereocenters. The van der Waals surface area contributed by atoms with Crippen molar-refractivity contribution in [3.8, 4) is 5.75 Å². The molecule has 0 aliphatic heterocycles. The van der Waals surface area contributed by atoms with Crippen molar-refractivity contribution in [3.05, 3.63) is 53.1 Å². The zero-order valence-corrected chi connectivity index (χ0v) is 12.7. The van der Waals surface area contributed by atoms with Crippen LogP contribution in [0.1, 0.15) is 0 Å². The normalized spacial score (nSPS) is 10.6. The van der Waals surface area contributed by atoms with Crippen LogP contribution in [0, 0.1) is 11.6 Å². The molecule has 2 aromatic carbocycles. The number of halogens is 5. The van der Waals surface area contributed by atoms with Crippen molar-refractivity contribution in [3.63, 3.8) is 0 Å². The molecule has 2 rings (SSSR count). The zero-order chi connectivity index (χ0) is 17.7. The first-order valence-electron chi connectivity index (χ1n) is 6.58. The summed E-state index contributed by atoms with van der Waals surface area (Å²) < 4.78 is 54.8. The van der Waals surface area contributed by atoms with E-state index in [4.69, 9.17) is 11.6 Å². The Morgan fingerprint density at radius 1 is 1.17 bits per heavy atom. The second kappa shape index (κ2) is 7.87. The molecule has 0 saturated heterocycles. The number of ether oxygens (including phenoxy) is 1. The first-order chi connectivity index (χ1) is 11.3. The van der Waals surface area contributed by atoms with Gasteiger partial charge in [-0.15, -0.1) is 0 Å². The number of carbonyl (C=O) groups excluding carboxylic acids is 1. The number of anilines is 2. The lowest BCUT2D eigenvalue weighted by Gasteiger charge is -2.11. The van der Waals surface area contributed by atoms with Gasteiger partial charge in [-0.05, 0) is 30.3 Å². The predicted octanol–water partition coefficient (Wildman–Crippen LogP) is 4.27. The highest BCUT2D eigenvalue weighted by Crippen LogP contribution is 2.28. The van der Waals surface area contributed by atoms with Crippen molar-refractivity contribution >= 4 is 28.9 Å². The molecule has 0 aromatic heterocycles. The molecule has 1 amide bonds. The van der Waals surface area contributed by atoms with E-state index in [9.17, 15) is 22.4 Å². The lowest BCUT2D eigenvalue weighted by Crippen LogP contribution is -2.22. The number of carbonyl (C=O) groups is 1. The van der Waals surface area contributed by atoms with Gasteiger partial charge in [0.05, 0.1) is 17.3 Å². The van der Waals surface area contributed by atoms with Gasteiger partial charge in [0.15, 0.2) is 0 Å². The number of rotatable bonds is 6. The molecule has 24 heavy (non-hydrogen) atoms. The molecule has 0 heterocycles. The van der Waals surface area contributed by atoms with Gasteiger partial charge in [-0.1, -0.05) is 11.6 Å². The number of alkyl halides is 2. The summed E-state index contributed by atoms with van der Waals surface area (Å²) in [6.45, 7) is -3.28. The van der Waals surface area contributed by atoms with Crippen LogP contribution >= 0.6 is 11.6 Å². The predicted molar refractivity (Wildman–Crippen MR) is 81.6 cm³/mol. The van der Waals surface area contributed by atoms with Gasteiger partial charge in [-0.2, -0.15) is 8.78 Å². The third kappa shape index (κ3) is 5.02. The SMILES string of the molecule is O=C(CNc1ccc(OC(F)F)c(Cl)c1)Nc1cc(F)ccc1F. The summed E-state index contributed by atoms with van der Waals surface area (Å²) in [6.07, 6.45) is 0. The molecule has 2 N–H and O–H groups in total. The Labute approximate surface area is 139 Å². The molecule has 0 fully saturated rings. The van der Waals surface area contributed by atoms with E-state index in [0.717, 1.165) is 18.2 Å². The van der Waals surface area contributed by atoms with Gasteiger partial charge in [0.25, 0.3) is 0 Å². The maximum atomic E-state index is 13.4. The van der Waals surface area contributed by atoms with E-state index in [1.165, 1.54) is 18.2 Å². The summed E-state index contributed by atoms with van der Waals surface area (Å²) in [7, 11) is 0. The van der Waals surface area contributed by atoms with E-state index < -0.39 is 24.2 Å². The van der Waals surface area contributed by atoms with Crippen LogP contribution in [0.2, 0.25) is 5.02 Å². The van der Waals surface area contributed by atoms with Gasteiger partial charge in [0, 0.05) is 11.8 Å². The van der Waals surface area contributed by atoms with Gasteiger partial charge in [-0.3, -0.25) is 4.79 Å². The molecule has 0 saturated carbocycles. The van der Waals surface area contributed by atoms with Gasteiger partial charge < -0.3 is 15.4 Å². The van der Waals surface area contributed by atoms with Gasteiger partial charge in [-0.25, -0.2) is 8.78 Å². The Hall–Kier alpha value is -2.48. The van der Waals surface area contributed by atoms with Crippen LogP contribution in [0.5, 0.6) is 5.75 Å². The minimum absolute atomic E-state index is 0.0723. The highest BCUT2D eigenvalue weighted by atomic mass is 35.5. The fourth-order valence-electron chi connectivity index (χ4n) is 1.77. The van der Waals surface area contributed by atoms with E-state index in [1.807, 2.05) is 0 Å². The molecule has 0 radical (unpaired) electrons. The number of hydrogen-bond acceptors (Lipinski definition) is 3. The van der Waals surface area contributed by atoms with Crippen molar-refractivity contribution in [2.75, 3.05) is 17.2 Å². The summed E-state index contributed by atoms with van der Waals surface area (Å²) in [6, 6.07) is 6.53. The number of amides is 1. The molecular weight excluding hydrogens is 352 g/mol. The topological polar surface area (TPSA) is 50.4 Å². The lowest BCUT2D eigenvalue weighted by molar-refractivity contribution is -0.114. The van der Waals surface area contributed by atoms with E-state index in [-0.39, 0.29) is 23.0 Å². The molecule has 0 aliphatic carbocycles. The Morgan fingerprint density at radius 3 is 2.58 bits per heavy atom. The summed E-state index contributed by atoms with van der Waals surface area (Å²) in [5.74, 6) is -2.31. The molecular formula is C15H11ClF4N2O2. The molecule has 0 spiro atoms. The largest absolute Gasteiger partial charge is 0.433 e. The second-order valence-corrected chi connectivity index (χ2v) is 4.96. The van der Waals surface area contributed by atoms with Crippen molar-refractivity contribution in [2.45, 2.75) is 6.61 Å². The third-order valence-electron chi connectivity index (χ3n) is 2.80. The Kier molecular flexibility index (Phi) is 5.86. The fraction of sp³-hybridized carbons (Fsp3) is 0.133. The fourth-order valence-corrected chi connectivity index (χ4v) is 2.00. The summed E-state index contributed by atoms with van der Waals surface area (Å²) in [5, 5.41) is 4.79. The molecule has 9 heteroatoms. The van der Waals surface area contributed by atoms with Crippen LogP contribution in [0.15, 0.2) is 36.4 Å². The first kappa shape index (κ1) is 17.9. The van der Waals surface area contributed by atoms with Crippen LogP contribution in [-0.2, 0) is 4.79 Å². The number of nitrogens with one attached hydrogen (secondary N) is 2. The monoisotopic (exact) mass is 362 g/mol. The van der Waals surface area contributed by atoms with Crippen LogP contribution in [0.3, 0.4) is 0 Å². The maximum Gasteiger partial charge on any atom is 0.387 e. The molecule has 2 aromatic rings. The van der Waals surface area contributed by atoms with Gasteiger partial charge >= 0.3 is 6.61 Å². The van der Waals surface area contributed by atoms with E-state index in [0.29, 0.717) is 5.69 Å². The summed E-state index contributed by atoms with van der Waals surface area (Å²) in [4.78, 5) is 11.7. The lowest BCUT2D eigenvalue weighted by atomic mass is 10.3.